The summed E-state index contributed by atoms with van der Waals surface area (Å²) < 4.78 is 31.1. The smallest absolute Gasteiger partial charge is 0.262 e. The van der Waals surface area contributed by atoms with E-state index in [4.69, 9.17) is 4.74 Å². The molecule has 0 unspecified atom stereocenters. The third kappa shape index (κ3) is 8.76. The van der Waals surface area contributed by atoms with Crippen LogP contribution in [0, 0.1) is 20.8 Å². The van der Waals surface area contributed by atoms with Gasteiger partial charge in [0.2, 0.25) is 10.0 Å². The Bertz CT molecular complexity index is 1370. The van der Waals surface area contributed by atoms with Crippen molar-refractivity contribution in [2.75, 3.05) is 29.0 Å². The number of rotatable bonds is 10. The molecule has 3 aromatic rings. The van der Waals surface area contributed by atoms with Gasteiger partial charge in [0.05, 0.1) is 18.2 Å². The third-order valence-electron chi connectivity index (χ3n) is 5.17. The van der Waals surface area contributed by atoms with E-state index in [0.29, 0.717) is 22.7 Å². The Balaban J connectivity index is 1.51. The minimum absolute atomic E-state index is 0.144. The number of benzene rings is 3. The van der Waals surface area contributed by atoms with Gasteiger partial charge in [0.1, 0.15) is 12.3 Å². The zero-order valence-corrected chi connectivity index (χ0v) is 22.0. The molecule has 2 amide bonds. The van der Waals surface area contributed by atoms with E-state index in [1.54, 1.807) is 36.4 Å². The molecule has 0 saturated heterocycles. The maximum Gasteiger partial charge on any atom is 0.262 e. The van der Waals surface area contributed by atoms with Crippen molar-refractivity contribution in [2.24, 2.45) is 5.10 Å². The van der Waals surface area contributed by atoms with Crippen LogP contribution in [-0.4, -0.2) is 45.9 Å². The number of ether oxygens (including phenoxy) is 1. The largest absolute Gasteiger partial charge is 0.484 e. The highest BCUT2D eigenvalue weighted by atomic mass is 32.2. The summed E-state index contributed by atoms with van der Waals surface area (Å²) in [7, 11) is -3.68. The Kier molecular flexibility index (Phi) is 9.02. The summed E-state index contributed by atoms with van der Waals surface area (Å²) in [6, 6.07) is 19.6. The molecule has 10 heteroatoms. The van der Waals surface area contributed by atoms with Crippen molar-refractivity contribution in [1.29, 1.82) is 0 Å². The van der Waals surface area contributed by atoms with Crippen LogP contribution in [0.5, 0.6) is 5.75 Å². The van der Waals surface area contributed by atoms with Crippen LogP contribution >= 0.6 is 0 Å². The van der Waals surface area contributed by atoms with Gasteiger partial charge in [-0.25, -0.2) is 13.8 Å². The van der Waals surface area contributed by atoms with E-state index < -0.39 is 22.5 Å². The van der Waals surface area contributed by atoms with Crippen molar-refractivity contribution < 1.29 is 22.7 Å². The summed E-state index contributed by atoms with van der Waals surface area (Å²) in [4.78, 5) is 24.5. The second kappa shape index (κ2) is 12.2. The number of amides is 2. The zero-order valence-electron chi connectivity index (χ0n) is 21.2. The second-order valence-corrected chi connectivity index (χ2v) is 10.6. The molecule has 0 spiro atoms. The summed E-state index contributed by atoms with van der Waals surface area (Å²) in [6.45, 7) is 5.14. The summed E-state index contributed by atoms with van der Waals surface area (Å²) in [5.41, 5.74) is 7.02. The van der Waals surface area contributed by atoms with E-state index in [1.165, 1.54) is 6.21 Å². The monoisotopic (exact) mass is 522 g/mol. The minimum atomic E-state index is -3.68. The summed E-state index contributed by atoms with van der Waals surface area (Å²) in [5, 5.41) is 6.67. The fourth-order valence-electron chi connectivity index (χ4n) is 3.47. The summed E-state index contributed by atoms with van der Waals surface area (Å²) >= 11 is 0. The number of nitrogens with one attached hydrogen (secondary N) is 2. The molecule has 3 aromatic carbocycles. The third-order valence-corrected chi connectivity index (χ3v) is 6.31. The van der Waals surface area contributed by atoms with Gasteiger partial charge in [-0.3, -0.25) is 13.9 Å². The van der Waals surface area contributed by atoms with Crippen LogP contribution in [0.3, 0.4) is 0 Å². The average Bonchev–Trinajstić information content (AvgIpc) is 2.82. The number of anilines is 2. The molecule has 0 bridgehead atoms. The first-order valence-electron chi connectivity index (χ1n) is 11.5. The molecular weight excluding hydrogens is 492 g/mol. The van der Waals surface area contributed by atoms with Crippen molar-refractivity contribution in [1.82, 2.24) is 5.43 Å². The number of hydrogen-bond acceptors (Lipinski definition) is 6. The van der Waals surface area contributed by atoms with Crippen LogP contribution in [-0.2, 0) is 19.6 Å². The lowest BCUT2D eigenvalue weighted by Gasteiger charge is -2.22. The number of hydrazone groups is 1. The summed E-state index contributed by atoms with van der Waals surface area (Å²) in [6.07, 6.45) is 2.48. The van der Waals surface area contributed by atoms with Gasteiger partial charge < -0.3 is 10.1 Å². The van der Waals surface area contributed by atoms with Gasteiger partial charge in [-0.1, -0.05) is 23.8 Å². The number of sulfonamides is 1. The molecule has 9 nitrogen and oxygen atoms in total. The molecule has 0 aliphatic heterocycles. The Hall–Kier alpha value is -4.18. The predicted octanol–water partition coefficient (Wildman–Crippen LogP) is 3.55. The molecular formula is C27H30N4O5S. The molecule has 0 saturated carbocycles. The highest BCUT2D eigenvalue weighted by molar-refractivity contribution is 7.92. The first kappa shape index (κ1) is 27.4. The first-order chi connectivity index (χ1) is 17.5. The highest BCUT2D eigenvalue weighted by Crippen LogP contribution is 2.21. The van der Waals surface area contributed by atoms with Crippen LogP contribution < -0.4 is 19.8 Å². The number of hydrogen-bond donors (Lipinski definition) is 2. The highest BCUT2D eigenvalue weighted by Gasteiger charge is 2.21. The van der Waals surface area contributed by atoms with E-state index in [2.05, 4.69) is 15.8 Å². The maximum absolute atomic E-state index is 12.4. The Morgan fingerprint density at radius 2 is 1.51 bits per heavy atom. The zero-order chi connectivity index (χ0) is 27.0. The average molecular weight is 523 g/mol. The maximum atomic E-state index is 12.4. The van der Waals surface area contributed by atoms with Gasteiger partial charge in [0.15, 0.2) is 6.61 Å². The lowest BCUT2D eigenvalue weighted by atomic mass is 10.1. The number of aryl methyl sites for hydroxylation is 3. The molecule has 194 valence electrons. The molecule has 3 rings (SSSR count). The first-order valence-corrected chi connectivity index (χ1v) is 13.3. The lowest BCUT2D eigenvalue weighted by molar-refractivity contribution is -0.119. The fraction of sp³-hybridized carbons (Fsp3) is 0.222. The molecule has 0 atom stereocenters. The molecule has 0 heterocycles. The van der Waals surface area contributed by atoms with Crippen LogP contribution in [0.25, 0.3) is 0 Å². The molecule has 0 aromatic heterocycles. The molecule has 0 aliphatic rings. The molecule has 37 heavy (non-hydrogen) atoms. The van der Waals surface area contributed by atoms with E-state index in [-0.39, 0.29) is 12.5 Å². The van der Waals surface area contributed by atoms with Crippen molar-refractivity contribution >= 4 is 39.4 Å². The van der Waals surface area contributed by atoms with E-state index >= 15 is 0 Å². The standard InChI is InChI=1S/C27H30N4O5S/c1-19-5-9-23(10-6-19)29-27(33)18-36-25-11-7-22(8-12-25)16-28-30-26(32)17-31(37(4,34)35)24-14-20(2)13-21(3)15-24/h5-16H,17-18H2,1-4H3,(H,29,33)(H,30,32)/b28-16-. The Labute approximate surface area is 217 Å². The topological polar surface area (TPSA) is 117 Å². The number of carbonyl (C=O) groups excluding carboxylic acids is 2. The molecule has 0 aliphatic carbocycles. The van der Waals surface area contributed by atoms with E-state index in [0.717, 1.165) is 27.3 Å². The molecule has 0 fully saturated rings. The van der Waals surface area contributed by atoms with Crippen LogP contribution in [0.1, 0.15) is 22.3 Å². The Morgan fingerprint density at radius 3 is 2.11 bits per heavy atom. The second-order valence-electron chi connectivity index (χ2n) is 8.68. The van der Waals surface area contributed by atoms with Gasteiger partial charge in [-0.05, 0) is 86.0 Å². The van der Waals surface area contributed by atoms with Crippen LogP contribution in [0.15, 0.2) is 71.8 Å². The normalized spacial score (nSPS) is 11.2. The van der Waals surface area contributed by atoms with Gasteiger partial charge in [0, 0.05) is 5.69 Å². The Morgan fingerprint density at radius 1 is 0.892 bits per heavy atom. The summed E-state index contributed by atoms with van der Waals surface area (Å²) in [5.74, 6) is -0.362. The molecule has 2 N–H and O–H groups in total. The van der Waals surface area contributed by atoms with E-state index in [1.807, 2.05) is 51.1 Å². The lowest BCUT2D eigenvalue weighted by Crippen LogP contribution is -2.39. The van der Waals surface area contributed by atoms with Crippen molar-refractivity contribution in [2.45, 2.75) is 20.8 Å². The number of nitrogens with zero attached hydrogens (tertiary/aromatic N) is 2. The quantitative estimate of drug-likeness (QED) is 0.312. The van der Waals surface area contributed by atoms with Gasteiger partial charge in [0.25, 0.3) is 11.8 Å². The van der Waals surface area contributed by atoms with Crippen molar-refractivity contribution in [3.63, 3.8) is 0 Å². The van der Waals surface area contributed by atoms with Crippen LogP contribution in [0.4, 0.5) is 11.4 Å². The van der Waals surface area contributed by atoms with Gasteiger partial charge in [-0.2, -0.15) is 5.10 Å². The van der Waals surface area contributed by atoms with Crippen molar-refractivity contribution in [3.8, 4) is 5.75 Å². The van der Waals surface area contributed by atoms with Crippen molar-refractivity contribution in [3.05, 3.63) is 89.0 Å². The number of carbonyl (C=O) groups is 2. The van der Waals surface area contributed by atoms with Crippen LogP contribution in [0.2, 0.25) is 0 Å². The predicted molar refractivity (Wildman–Crippen MR) is 146 cm³/mol. The molecule has 0 radical (unpaired) electrons. The van der Waals surface area contributed by atoms with Gasteiger partial charge >= 0.3 is 0 Å². The SMILES string of the molecule is Cc1ccc(NC(=O)COc2ccc(/C=N\NC(=O)CN(c3cc(C)cc(C)c3)S(C)(=O)=O)cc2)cc1. The minimum Gasteiger partial charge on any atom is -0.484 e. The fourth-order valence-corrected chi connectivity index (χ4v) is 4.31. The van der Waals surface area contributed by atoms with Gasteiger partial charge in [-0.15, -0.1) is 0 Å². The van der Waals surface area contributed by atoms with E-state index in [9.17, 15) is 18.0 Å².